The second kappa shape index (κ2) is 5.70. The van der Waals surface area contributed by atoms with E-state index in [-0.39, 0.29) is 6.04 Å². The number of rotatable bonds is 5. The van der Waals surface area contributed by atoms with Crippen molar-refractivity contribution in [3.63, 3.8) is 0 Å². The van der Waals surface area contributed by atoms with E-state index in [1.54, 1.807) is 0 Å². The lowest BCUT2D eigenvalue weighted by atomic mass is 9.88. The summed E-state index contributed by atoms with van der Waals surface area (Å²) in [5, 5.41) is 4.12. The van der Waals surface area contributed by atoms with E-state index < -0.39 is 0 Å². The van der Waals surface area contributed by atoms with E-state index in [0.717, 1.165) is 25.0 Å². The predicted molar refractivity (Wildman–Crippen MR) is 68.0 cm³/mol. The average molecular weight is 242 g/mol. The Morgan fingerprint density at radius 1 is 1.44 bits per heavy atom. The fraction of sp³-hybridized carbons (Fsp3) is 0.818. The molecule has 0 saturated carbocycles. The number of hydrogen-bond donors (Lipinski definition) is 2. The van der Waals surface area contributed by atoms with Gasteiger partial charge in [-0.25, -0.2) is 0 Å². The molecule has 0 saturated heterocycles. The lowest BCUT2D eigenvalue weighted by Crippen LogP contribution is -2.29. The van der Waals surface area contributed by atoms with Crippen LogP contribution in [0.15, 0.2) is 0 Å². The van der Waals surface area contributed by atoms with Crippen molar-refractivity contribution >= 4 is 11.5 Å². The van der Waals surface area contributed by atoms with E-state index in [0.29, 0.717) is 5.41 Å². The third-order valence-electron chi connectivity index (χ3n) is 2.62. The number of nitrogens with two attached hydrogens (primary N) is 1. The zero-order chi connectivity index (χ0) is 12.2. The third-order valence-corrected chi connectivity index (χ3v) is 3.50. The van der Waals surface area contributed by atoms with Crippen LogP contribution in [-0.4, -0.2) is 9.59 Å². The Hall–Kier alpha value is -0.520. The van der Waals surface area contributed by atoms with Crippen molar-refractivity contribution in [2.45, 2.75) is 53.0 Å². The van der Waals surface area contributed by atoms with E-state index >= 15 is 0 Å². The van der Waals surface area contributed by atoms with Crippen LogP contribution in [0, 0.1) is 5.41 Å². The van der Waals surface area contributed by atoms with Crippen LogP contribution in [0.2, 0.25) is 0 Å². The van der Waals surface area contributed by atoms with Gasteiger partial charge in [0.25, 0.3) is 0 Å². The van der Waals surface area contributed by atoms with Crippen LogP contribution in [0.5, 0.6) is 0 Å². The zero-order valence-corrected chi connectivity index (χ0v) is 11.4. The van der Waals surface area contributed by atoms with Gasteiger partial charge >= 0.3 is 0 Å². The lowest BCUT2D eigenvalue weighted by Gasteiger charge is -2.22. The monoisotopic (exact) mass is 242 g/mol. The van der Waals surface area contributed by atoms with Crippen molar-refractivity contribution in [2.24, 2.45) is 11.3 Å². The lowest BCUT2D eigenvalue weighted by molar-refractivity contribution is 0.334. The van der Waals surface area contributed by atoms with Crippen LogP contribution < -0.4 is 11.3 Å². The molecule has 92 valence electrons. The number of aromatic nitrogens is 2. The summed E-state index contributed by atoms with van der Waals surface area (Å²) in [5.41, 5.74) is 4.29. The van der Waals surface area contributed by atoms with Gasteiger partial charge in [-0.15, -0.1) is 5.10 Å². The van der Waals surface area contributed by atoms with Crippen LogP contribution in [0.1, 0.15) is 57.1 Å². The Morgan fingerprint density at radius 3 is 2.62 bits per heavy atom. The van der Waals surface area contributed by atoms with Crippen LogP contribution in [0.25, 0.3) is 0 Å². The summed E-state index contributed by atoms with van der Waals surface area (Å²) in [4.78, 5) is 1.19. The second-order valence-electron chi connectivity index (χ2n) is 5.26. The molecule has 0 aliphatic carbocycles. The van der Waals surface area contributed by atoms with Crippen molar-refractivity contribution in [1.29, 1.82) is 0 Å². The SMILES string of the molecule is CCc1nnsc1C(CCC(C)(C)C)NN. The molecule has 1 aromatic heterocycles. The highest BCUT2D eigenvalue weighted by Crippen LogP contribution is 2.29. The molecule has 0 bridgehead atoms. The maximum atomic E-state index is 5.62. The first-order valence-corrected chi connectivity index (χ1v) is 6.52. The highest BCUT2D eigenvalue weighted by Gasteiger charge is 2.20. The molecule has 0 aliphatic rings. The molecule has 0 aromatic carbocycles. The second-order valence-corrected chi connectivity index (χ2v) is 6.04. The Labute approximate surface area is 102 Å². The molecule has 0 amide bonds. The summed E-state index contributed by atoms with van der Waals surface area (Å²) in [7, 11) is 0. The van der Waals surface area contributed by atoms with E-state index in [1.165, 1.54) is 16.4 Å². The zero-order valence-electron chi connectivity index (χ0n) is 10.6. The summed E-state index contributed by atoms with van der Waals surface area (Å²) in [5.74, 6) is 5.62. The molecule has 1 atom stereocenters. The summed E-state index contributed by atoms with van der Waals surface area (Å²) >= 11 is 1.45. The van der Waals surface area contributed by atoms with Gasteiger partial charge in [0.05, 0.1) is 16.6 Å². The molecule has 1 unspecified atom stereocenters. The van der Waals surface area contributed by atoms with E-state index in [1.807, 2.05) is 0 Å². The smallest absolute Gasteiger partial charge is 0.0801 e. The first-order valence-electron chi connectivity index (χ1n) is 5.75. The highest BCUT2D eigenvalue weighted by atomic mass is 32.1. The van der Waals surface area contributed by atoms with Crippen LogP contribution >= 0.6 is 11.5 Å². The first kappa shape index (κ1) is 13.5. The molecule has 1 heterocycles. The van der Waals surface area contributed by atoms with Crippen molar-refractivity contribution in [1.82, 2.24) is 15.0 Å². The fourth-order valence-corrected chi connectivity index (χ4v) is 2.42. The number of hydrazine groups is 1. The Balaban J connectivity index is 2.67. The standard InChI is InChI=1S/C11H22N4S/c1-5-8-10(16-15-14-8)9(13-12)6-7-11(2,3)4/h9,13H,5-7,12H2,1-4H3. The van der Waals surface area contributed by atoms with Gasteiger partial charge in [0.15, 0.2) is 0 Å². The molecular weight excluding hydrogens is 220 g/mol. The molecule has 3 N–H and O–H groups in total. The van der Waals surface area contributed by atoms with Crippen molar-refractivity contribution in [2.75, 3.05) is 0 Å². The molecular formula is C11H22N4S. The maximum Gasteiger partial charge on any atom is 0.0801 e. The van der Waals surface area contributed by atoms with Gasteiger partial charge in [-0.3, -0.25) is 11.3 Å². The molecule has 4 nitrogen and oxygen atoms in total. The third kappa shape index (κ3) is 3.81. The number of nitrogens with one attached hydrogen (secondary N) is 1. The molecule has 1 aromatic rings. The van der Waals surface area contributed by atoms with Gasteiger partial charge in [0.2, 0.25) is 0 Å². The Bertz CT molecular complexity index is 316. The van der Waals surface area contributed by atoms with E-state index in [9.17, 15) is 0 Å². The van der Waals surface area contributed by atoms with Gasteiger partial charge < -0.3 is 0 Å². The summed E-state index contributed by atoms with van der Waals surface area (Å²) < 4.78 is 4.00. The minimum atomic E-state index is 0.189. The van der Waals surface area contributed by atoms with Crippen LogP contribution in [0.4, 0.5) is 0 Å². The molecule has 0 aliphatic heterocycles. The van der Waals surface area contributed by atoms with Gasteiger partial charge in [0.1, 0.15) is 0 Å². The fourth-order valence-electron chi connectivity index (χ4n) is 1.59. The van der Waals surface area contributed by atoms with E-state index in [4.69, 9.17) is 5.84 Å². The maximum absolute atomic E-state index is 5.62. The number of nitrogens with zero attached hydrogens (tertiary/aromatic N) is 2. The van der Waals surface area contributed by atoms with Crippen LogP contribution in [-0.2, 0) is 6.42 Å². The van der Waals surface area contributed by atoms with Gasteiger partial charge in [0, 0.05) is 0 Å². The molecule has 5 heteroatoms. The molecule has 1 rings (SSSR count). The number of aryl methyl sites for hydroxylation is 1. The van der Waals surface area contributed by atoms with Crippen molar-refractivity contribution in [3.05, 3.63) is 10.6 Å². The Morgan fingerprint density at radius 2 is 2.12 bits per heavy atom. The number of hydrogen-bond acceptors (Lipinski definition) is 5. The minimum Gasteiger partial charge on any atom is -0.271 e. The normalized spacial score (nSPS) is 14.1. The molecule has 0 spiro atoms. The molecule has 0 radical (unpaired) electrons. The van der Waals surface area contributed by atoms with Crippen molar-refractivity contribution < 1.29 is 0 Å². The van der Waals surface area contributed by atoms with Crippen LogP contribution in [0.3, 0.4) is 0 Å². The topological polar surface area (TPSA) is 63.8 Å². The predicted octanol–water partition coefficient (Wildman–Crippen LogP) is 2.43. The summed E-state index contributed by atoms with van der Waals surface area (Å²) in [6.45, 7) is 8.82. The Kier molecular flexibility index (Phi) is 4.83. The quantitative estimate of drug-likeness (QED) is 0.615. The average Bonchev–Trinajstić information content (AvgIpc) is 2.65. The van der Waals surface area contributed by atoms with E-state index in [2.05, 4.69) is 42.7 Å². The molecule has 16 heavy (non-hydrogen) atoms. The first-order chi connectivity index (χ1) is 7.48. The summed E-state index contributed by atoms with van der Waals surface area (Å²) in [6, 6.07) is 0.189. The van der Waals surface area contributed by atoms with Crippen molar-refractivity contribution in [3.8, 4) is 0 Å². The van der Waals surface area contributed by atoms with Gasteiger partial charge in [-0.2, -0.15) is 0 Å². The van der Waals surface area contributed by atoms with Gasteiger partial charge in [-0.05, 0) is 36.2 Å². The minimum absolute atomic E-state index is 0.189. The summed E-state index contributed by atoms with van der Waals surface area (Å²) in [6.07, 6.45) is 3.07. The highest BCUT2D eigenvalue weighted by molar-refractivity contribution is 7.05. The largest absolute Gasteiger partial charge is 0.271 e. The molecule has 0 fully saturated rings. The van der Waals surface area contributed by atoms with Gasteiger partial charge in [-0.1, -0.05) is 32.2 Å².